The second-order valence-electron chi connectivity index (χ2n) is 10.1. The molecule has 2 aromatic carbocycles. The second kappa shape index (κ2) is 21.5. The Morgan fingerprint density at radius 2 is 1.48 bits per heavy atom. The Bertz CT molecular complexity index is 1230. The van der Waals surface area contributed by atoms with Gasteiger partial charge < -0.3 is 23.5 Å². The Kier molecular flexibility index (Phi) is 20.8. The molecule has 42 heavy (non-hydrogen) atoms. The molecule has 2 aromatic rings. The molecule has 4 N–H and O–H groups in total. The van der Waals surface area contributed by atoms with Crippen molar-refractivity contribution in [3.63, 3.8) is 0 Å². The van der Waals surface area contributed by atoms with Crippen molar-refractivity contribution in [1.82, 2.24) is 0 Å². The summed E-state index contributed by atoms with van der Waals surface area (Å²) in [5, 5.41) is 29.8. The molecule has 2 rings (SSSR count). The Morgan fingerprint density at radius 1 is 0.857 bits per heavy atom. The number of benzene rings is 2. The molecule has 12 heteroatoms. The van der Waals surface area contributed by atoms with Gasteiger partial charge in [0.15, 0.2) is 9.84 Å². The van der Waals surface area contributed by atoms with Crippen molar-refractivity contribution in [3.05, 3.63) is 59.7 Å². The summed E-state index contributed by atoms with van der Waals surface area (Å²) in [6, 6.07) is 12.5. The molecular formula is C30H43NNa2O8S. The fraction of sp³-hybridized carbons (Fsp3) is 0.500. The number of carboxylic acids is 2. The van der Waals surface area contributed by atoms with Crippen LogP contribution in [0.15, 0.2) is 53.4 Å². The zero-order valence-corrected chi connectivity index (χ0v) is 29.9. The number of amides is 1. The van der Waals surface area contributed by atoms with Crippen LogP contribution in [-0.2, 0) is 30.6 Å². The van der Waals surface area contributed by atoms with Gasteiger partial charge >= 0.3 is 71.1 Å². The summed E-state index contributed by atoms with van der Waals surface area (Å²) in [6.07, 6.45) is 6.91. The zero-order valence-electron chi connectivity index (χ0n) is 27.0. The van der Waals surface area contributed by atoms with Crippen LogP contribution >= 0.6 is 0 Å². The largest absolute Gasteiger partial charge is 1.00 e. The first kappa shape index (κ1) is 40.8. The van der Waals surface area contributed by atoms with Crippen molar-refractivity contribution in [2.75, 3.05) is 5.32 Å². The third-order valence-electron chi connectivity index (χ3n) is 6.71. The monoisotopic (exact) mass is 623 g/mol. The van der Waals surface area contributed by atoms with E-state index < -0.39 is 45.5 Å². The molecule has 0 saturated carbocycles. The van der Waals surface area contributed by atoms with Crippen molar-refractivity contribution in [2.24, 2.45) is 0 Å². The SMILES string of the molecule is CCCCCCCCCc1ccc(C(C(O)CCCC(=O)O)S(=O)(=O)c2cccc(NC(=O)CC(=O)O)c2)cc1.[H-].[H-].[Na+].[Na+]. The third-order valence-corrected chi connectivity index (χ3v) is 8.88. The number of carboxylic acid groups (broad SMARTS) is 2. The number of aliphatic hydroxyl groups is 1. The average Bonchev–Trinajstić information content (AvgIpc) is 2.88. The normalized spacial score (nSPS) is 12.3. The first-order chi connectivity index (χ1) is 19.0. The van der Waals surface area contributed by atoms with Gasteiger partial charge in [0.25, 0.3) is 0 Å². The van der Waals surface area contributed by atoms with Crippen LogP contribution in [0, 0.1) is 0 Å². The summed E-state index contributed by atoms with van der Waals surface area (Å²) in [4.78, 5) is 33.5. The van der Waals surface area contributed by atoms with Gasteiger partial charge in [0, 0.05) is 12.1 Å². The number of rotatable bonds is 19. The summed E-state index contributed by atoms with van der Waals surface area (Å²) < 4.78 is 27.6. The predicted molar refractivity (Wildman–Crippen MR) is 155 cm³/mol. The van der Waals surface area contributed by atoms with Gasteiger partial charge in [-0.15, -0.1) is 0 Å². The Morgan fingerprint density at radius 3 is 2.07 bits per heavy atom. The molecule has 0 bridgehead atoms. The summed E-state index contributed by atoms with van der Waals surface area (Å²) in [7, 11) is -4.20. The van der Waals surface area contributed by atoms with Crippen LogP contribution in [0.1, 0.15) is 96.8 Å². The molecule has 0 aliphatic heterocycles. The van der Waals surface area contributed by atoms with Gasteiger partial charge in [-0.25, -0.2) is 8.42 Å². The summed E-state index contributed by atoms with van der Waals surface area (Å²) >= 11 is 0. The van der Waals surface area contributed by atoms with Crippen LogP contribution in [0.2, 0.25) is 0 Å². The molecule has 0 aliphatic carbocycles. The number of carbonyl (C=O) groups excluding carboxylic acids is 1. The molecule has 2 atom stereocenters. The molecule has 0 fully saturated rings. The Hall–Kier alpha value is -1.24. The molecule has 0 spiro atoms. The van der Waals surface area contributed by atoms with Gasteiger partial charge in [-0.3, -0.25) is 14.4 Å². The van der Waals surface area contributed by atoms with Crippen molar-refractivity contribution in [2.45, 2.75) is 100 Å². The number of carbonyl (C=O) groups is 3. The van der Waals surface area contributed by atoms with Crippen molar-refractivity contribution < 1.29 is 100 Å². The standard InChI is InChI=1S/C30H41NO8S.2Na.2H/c1-2-3-4-5-6-7-8-11-22-16-18-23(19-17-22)30(26(32)14-10-15-28(34)35)40(38,39)25-13-9-12-24(20-25)31-27(33)21-29(36)37;;;;/h9,12-13,16-20,26,30,32H,2-8,10-11,14-15,21H2,1H3,(H,31,33)(H,34,35)(H,36,37);;;;/q;2*+1;2*-1. The molecular weight excluding hydrogens is 580 g/mol. The quantitative estimate of drug-likeness (QED) is 0.0949. The van der Waals surface area contributed by atoms with E-state index >= 15 is 0 Å². The molecule has 1 amide bonds. The van der Waals surface area contributed by atoms with E-state index in [9.17, 15) is 27.9 Å². The van der Waals surface area contributed by atoms with Crippen LogP contribution in [0.5, 0.6) is 0 Å². The Balaban J connectivity index is -0.00000420. The van der Waals surface area contributed by atoms with Crippen LogP contribution in [0.4, 0.5) is 5.69 Å². The van der Waals surface area contributed by atoms with Gasteiger partial charge in [-0.2, -0.15) is 0 Å². The average molecular weight is 624 g/mol. The van der Waals surface area contributed by atoms with Gasteiger partial charge in [-0.05, 0) is 55.0 Å². The van der Waals surface area contributed by atoms with Gasteiger partial charge in [0.2, 0.25) is 5.91 Å². The van der Waals surface area contributed by atoms with Crippen molar-refractivity contribution in [3.8, 4) is 0 Å². The molecule has 9 nitrogen and oxygen atoms in total. The number of hydrogen-bond donors (Lipinski definition) is 4. The number of anilines is 1. The minimum Gasteiger partial charge on any atom is -1.00 e. The number of unbranched alkanes of at least 4 members (excludes halogenated alkanes) is 6. The Labute approximate surface area is 296 Å². The maximum atomic E-state index is 13.8. The number of aryl methyl sites for hydroxylation is 1. The van der Waals surface area contributed by atoms with Gasteiger partial charge in [0.1, 0.15) is 11.7 Å². The van der Waals surface area contributed by atoms with Crippen molar-refractivity contribution >= 4 is 33.4 Å². The van der Waals surface area contributed by atoms with Crippen LogP contribution < -0.4 is 64.4 Å². The minimum absolute atomic E-state index is 0. The van der Waals surface area contributed by atoms with E-state index in [4.69, 9.17) is 10.2 Å². The molecule has 224 valence electrons. The molecule has 0 aliphatic rings. The first-order valence-electron chi connectivity index (χ1n) is 13.9. The maximum absolute atomic E-state index is 13.8. The maximum Gasteiger partial charge on any atom is 1.00 e. The zero-order chi connectivity index (χ0) is 29.5. The van der Waals surface area contributed by atoms with E-state index in [0.717, 1.165) is 24.8 Å². The third kappa shape index (κ3) is 14.5. The number of aliphatic carboxylic acids is 2. The van der Waals surface area contributed by atoms with Crippen LogP contribution in [0.3, 0.4) is 0 Å². The van der Waals surface area contributed by atoms with Crippen LogP contribution in [-0.4, -0.2) is 47.7 Å². The number of hydrogen-bond acceptors (Lipinski definition) is 6. The first-order valence-corrected chi connectivity index (χ1v) is 15.4. The summed E-state index contributed by atoms with van der Waals surface area (Å²) in [5.41, 5.74) is 1.56. The number of aliphatic hydroxyl groups excluding tert-OH is 1. The smallest absolute Gasteiger partial charge is 1.00 e. The molecule has 0 radical (unpaired) electrons. The molecule has 2 unspecified atom stereocenters. The van der Waals surface area contributed by atoms with E-state index in [-0.39, 0.29) is 91.8 Å². The van der Waals surface area contributed by atoms with Crippen molar-refractivity contribution in [1.29, 1.82) is 0 Å². The molecule has 0 aromatic heterocycles. The topological polar surface area (TPSA) is 158 Å². The minimum atomic E-state index is -4.20. The van der Waals surface area contributed by atoms with E-state index in [1.807, 2.05) is 12.1 Å². The molecule has 0 saturated heterocycles. The second-order valence-corrected chi connectivity index (χ2v) is 12.1. The summed E-state index contributed by atoms with van der Waals surface area (Å²) in [5.74, 6) is -3.16. The fourth-order valence-corrected chi connectivity index (χ4v) is 6.54. The molecule has 0 heterocycles. The number of nitrogens with one attached hydrogen (secondary N) is 1. The van der Waals surface area contributed by atoms with E-state index in [0.29, 0.717) is 5.56 Å². The summed E-state index contributed by atoms with van der Waals surface area (Å²) in [6.45, 7) is 2.19. The van der Waals surface area contributed by atoms with E-state index in [1.165, 1.54) is 56.4 Å². The van der Waals surface area contributed by atoms with Gasteiger partial charge in [-0.1, -0.05) is 75.8 Å². The van der Waals surface area contributed by atoms with E-state index in [2.05, 4.69) is 12.2 Å². The predicted octanol–water partition coefficient (Wildman–Crippen LogP) is -0.243. The van der Waals surface area contributed by atoms with Gasteiger partial charge in [0.05, 0.1) is 11.0 Å². The fourth-order valence-electron chi connectivity index (χ4n) is 4.62. The van der Waals surface area contributed by atoms with Crippen LogP contribution in [0.25, 0.3) is 0 Å². The van der Waals surface area contributed by atoms with E-state index in [1.54, 1.807) is 12.1 Å². The number of sulfone groups is 1.